The molecule has 0 aliphatic carbocycles. The molecule has 0 atom stereocenters. The van der Waals surface area contributed by atoms with Gasteiger partial charge in [-0.3, -0.25) is 4.79 Å². The second kappa shape index (κ2) is 7.42. The number of anilines is 1. The van der Waals surface area contributed by atoms with Gasteiger partial charge >= 0.3 is 5.97 Å². The van der Waals surface area contributed by atoms with E-state index < -0.39 is 5.97 Å². The van der Waals surface area contributed by atoms with E-state index in [4.69, 9.17) is 4.52 Å². The monoisotopic (exact) mass is 369 g/mol. The number of hydrogen-bond acceptors (Lipinski definition) is 5. The molecule has 0 spiro atoms. The van der Waals surface area contributed by atoms with Gasteiger partial charge in [0.05, 0.1) is 0 Å². The zero-order valence-corrected chi connectivity index (χ0v) is 15.1. The summed E-state index contributed by atoms with van der Waals surface area (Å²) in [6, 6.07) is 9.13. The van der Waals surface area contributed by atoms with Crippen molar-refractivity contribution < 1.29 is 19.2 Å². The van der Waals surface area contributed by atoms with Gasteiger partial charge in [0, 0.05) is 37.7 Å². The predicted molar refractivity (Wildman–Crippen MR) is 99.6 cm³/mol. The SMILES string of the molecule is O=C(O)c1c(N2CCC(C(=O)N3CCCC3)CC2)noc1-c1ccccc1. The summed E-state index contributed by atoms with van der Waals surface area (Å²) in [5.74, 6) is -0.161. The minimum absolute atomic E-state index is 0.0214. The number of rotatable bonds is 4. The van der Waals surface area contributed by atoms with Crippen LogP contribution in [0.15, 0.2) is 34.9 Å². The molecular weight excluding hydrogens is 346 g/mol. The second-order valence-corrected chi connectivity index (χ2v) is 7.18. The van der Waals surface area contributed by atoms with Crippen molar-refractivity contribution in [2.45, 2.75) is 25.7 Å². The van der Waals surface area contributed by atoms with Crippen LogP contribution in [0.4, 0.5) is 5.82 Å². The minimum Gasteiger partial charge on any atom is -0.477 e. The van der Waals surface area contributed by atoms with Crippen LogP contribution in [0.25, 0.3) is 11.3 Å². The Kier molecular flexibility index (Phi) is 4.83. The highest BCUT2D eigenvalue weighted by molar-refractivity contribution is 5.99. The van der Waals surface area contributed by atoms with Gasteiger partial charge in [-0.2, -0.15) is 0 Å². The molecule has 2 aliphatic heterocycles. The number of carboxylic acid groups (broad SMARTS) is 1. The van der Waals surface area contributed by atoms with Crippen LogP contribution in [0.3, 0.4) is 0 Å². The van der Waals surface area contributed by atoms with Crippen molar-refractivity contribution >= 4 is 17.7 Å². The van der Waals surface area contributed by atoms with Crippen LogP contribution < -0.4 is 4.90 Å². The summed E-state index contributed by atoms with van der Waals surface area (Å²) in [4.78, 5) is 28.4. The van der Waals surface area contributed by atoms with E-state index in [1.807, 2.05) is 28.0 Å². The summed E-state index contributed by atoms with van der Waals surface area (Å²) in [7, 11) is 0. The Balaban J connectivity index is 1.51. The van der Waals surface area contributed by atoms with Crippen molar-refractivity contribution in [2.75, 3.05) is 31.1 Å². The molecule has 4 rings (SSSR count). The lowest BCUT2D eigenvalue weighted by molar-refractivity contribution is -0.135. The number of piperidine rings is 1. The van der Waals surface area contributed by atoms with Gasteiger partial charge in [0.2, 0.25) is 5.91 Å². The van der Waals surface area contributed by atoms with Gasteiger partial charge in [0.1, 0.15) is 0 Å². The number of carbonyl (C=O) groups excluding carboxylic acids is 1. The molecule has 1 aromatic heterocycles. The Morgan fingerprint density at radius 2 is 1.70 bits per heavy atom. The Morgan fingerprint density at radius 1 is 1.04 bits per heavy atom. The number of carbonyl (C=O) groups is 2. The van der Waals surface area contributed by atoms with Gasteiger partial charge in [-0.05, 0) is 25.7 Å². The zero-order chi connectivity index (χ0) is 18.8. The summed E-state index contributed by atoms with van der Waals surface area (Å²) in [6.45, 7) is 2.94. The number of benzene rings is 1. The maximum Gasteiger partial charge on any atom is 0.343 e. The summed E-state index contributed by atoms with van der Waals surface area (Å²) < 4.78 is 5.40. The highest BCUT2D eigenvalue weighted by Crippen LogP contribution is 2.33. The molecule has 1 N–H and O–H groups in total. The third-order valence-electron chi connectivity index (χ3n) is 5.49. The smallest absolute Gasteiger partial charge is 0.343 e. The van der Waals surface area contributed by atoms with Gasteiger partial charge < -0.3 is 19.4 Å². The lowest BCUT2D eigenvalue weighted by Gasteiger charge is -2.33. The predicted octanol–water partition coefficient (Wildman–Crippen LogP) is 2.88. The van der Waals surface area contributed by atoms with E-state index >= 15 is 0 Å². The first-order chi connectivity index (χ1) is 13.1. The summed E-state index contributed by atoms with van der Waals surface area (Å²) in [5.41, 5.74) is 0.776. The molecule has 7 heteroatoms. The average molecular weight is 369 g/mol. The van der Waals surface area contributed by atoms with Crippen LogP contribution in [-0.4, -0.2) is 53.2 Å². The molecular formula is C20H23N3O4. The van der Waals surface area contributed by atoms with Gasteiger partial charge in [-0.25, -0.2) is 4.79 Å². The van der Waals surface area contributed by atoms with Crippen LogP contribution in [0, 0.1) is 5.92 Å². The maximum absolute atomic E-state index is 12.6. The number of likely N-dealkylation sites (tertiary alicyclic amines) is 1. The fourth-order valence-corrected chi connectivity index (χ4v) is 4.01. The third kappa shape index (κ3) is 3.41. The minimum atomic E-state index is -1.06. The van der Waals surface area contributed by atoms with E-state index in [1.165, 1.54) is 0 Å². The second-order valence-electron chi connectivity index (χ2n) is 7.18. The van der Waals surface area contributed by atoms with Crippen LogP contribution in [0.5, 0.6) is 0 Å². The molecule has 3 heterocycles. The number of carboxylic acids is 1. The summed E-state index contributed by atoms with van der Waals surface area (Å²) >= 11 is 0. The Morgan fingerprint density at radius 3 is 2.33 bits per heavy atom. The number of aromatic carboxylic acids is 1. The highest BCUT2D eigenvalue weighted by atomic mass is 16.5. The maximum atomic E-state index is 12.6. The van der Waals surface area contributed by atoms with Crippen molar-refractivity contribution in [3.63, 3.8) is 0 Å². The summed E-state index contributed by atoms with van der Waals surface area (Å²) in [6.07, 6.45) is 3.60. The molecule has 7 nitrogen and oxygen atoms in total. The number of hydrogen-bond donors (Lipinski definition) is 1. The number of aromatic nitrogens is 1. The van der Waals surface area contributed by atoms with Crippen molar-refractivity contribution in [3.8, 4) is 11.3 Å². The van der Waals surface area contributed by atoms with Gasteiger partial charge in [0.25, 0.3) is 0 Å². The van der Waals surface area contributed by atoms with Crippen LogP contribution in [0.1, 0.15) is 36.0 Å². The highest BCUT2D eigenvalue weighted by Gasteiger charge is 2.33. The van der Waals surface area contributed by atoms with E-state index in [0.29, 0.717) is 37.3 Å². The van der Waals surface area contributed by atoms with E-state index in [2.05, 4.69) is 5.16 Å². The normalized spacial score (nSPS) is 18.1. The van der Waals surface area contributed by atoms with Crippen molar-refractivity contribution in [1.29, 1.82) is 0 Å². The topological polar surface area (TPSA) is 86.9 Å². The summed E-state index contributed by atoms with van der Waals surface area (Å²) in [5, 5.41) is 13.8. The fraction of sp³-hybridized carbons (Fsp3) is 0.450. The molecule has 2 fully saturated rings. The van der Waals surface area contributed by atoms with E-state index in [0.717, 1.165) is 25.9 Å². The van der Waals surface area contributed by atoms with E-state index in [1.54, 1.807) is 12.1 Å². The largest absolute Gasteiger partial charge is 0.477 e. The average Bonchev–Trinajstić information content (AvgIpc) is 3.38. The van der Waals surface area contributed by atoms with Gasteiger partial charge in [-0.1, -0.05) is 35.5 Å². The number of amides is 1. The van der Waals surface area contributed by atoms with Crippen molar-refractivity contribution in [1.82, 2.24) is 10.1 Å². The van der Waals surface area contributed by atoms with Gasteiger partial charge in [0.15, 0.2) is 17.1 Å². The Bertz CT molecular complexity index is 819. The molecule has 0 radical (unpaired) electrons. The molecule has 2 aliphatic rings. The molecule has 2 aromatic rings. The fourth-order valence-electron chi connectivity index (χ4n) is 4.01. The first-order valence-electron chi connectivity index (χ1n) is 9.47. The van der Waals surface area contributed by atoms with Crippen LogP contribution >= 0.6 is 0 Å². The zero-order valence-electron chi connectivity index (χ0n) is 15.1. The van der Waals surface area contributed by atoms with E-state index in [9.17, 15) is 14.7 Å². The van der Waals surface area contributed by atoms with Gasteiger partial charge in [-0.15, -0.1) is 0 Å². The Hall–Kier alpha value is -2.83. The van der Waals surface area contributed by atoms with Crippen molar-refractivity contribution in [3.05, 3.63) is 35.9 Å². The van der Waals surface area contributed by atoms with Crippen molar-refractivity contribution in [2.24, 2.45) is 5.92 Å². The van der Waals surface area contributed by atoms with Crippen LogP contribution in [-0.2, 0) is 4.79 Å². The molecule has 0 saturated carbocycles. The molecule has 0 bridgehead atoms. The molecule has 27 heavy (non-hydrogen) atoms. The Labute approximate surface area is 157 Å². The van der Waals surface area contributed by atoms with Crippen LogP contribution in [0.2, 0.25) is 0 Å². The first-order valence-corrected chi connectivity index (χ1v) is 9.47. The standard InChI is InChI=1S/C20H23N3O4/c24-19(23-10-4-5-11-23)15-8-12-22(13-9-15)18-16(20(25)26)17(27-21-18)14-6-2-1-3-7-14/h1-3,6-7,15H,4-5,8-13H2,(H,25,26). The lowest BCUT2D eigenvalue weighted by Crippen LogP contribution is -2.42. The molecule has 1 amide bonds. The molecule has 1 aromatic carbocycles. The molecule has 2 saturated heterocycles. The van der Waals surface area contributed by atoms with E-state index in [-0.39, 0.29) is 23.1 Å². The third-order valence-corrected chi connectivity index (χ3v) is 5.49. The molecule has 0 unspecified atom stereocenters. The lowest BCUT2D eigenvalue weighted by atomic mass is 9.95. The molecule has 142 valence electrons. The number of nitrogens with zero attached hydrogens (tertiary/aromatic N) is 3. The quantitative estimate of drug-likeness (QED) is 0.892. The first kappa shape index (κ1) is 17.6.